The Morgan fingerprint density at radius 3 is 2.60 bits per heavy atom. The molecule has 2 aromatic heterocycles. The van der Waals surface area contributed by atoms with Crippen LogP contribution in [0.25, 0.3) is 5.65 Å². The van der Waals surface area contributed by atoms with Crippen molar-refractivity contribution in [2.24, 2.45) is 0 Å². The van der Waals surface area contributed by atoms with Gasteiger partial charge in [-0.05, 0) is 0 Å². The Labute approximate surface area is 117 Å². The number of anilines is 1. The predicted octanol–water partition coefficient (Wildman–Crippen LogP) is 1.16. The number of ether oxygens (including phenoxy) is 1. The third kappa shape index (κ3) is 2.31. The first kappa shape index (κ1) is 13.2. The van der Waals surface area contributed by atoms with E-state index in [0.29, 0.717) is 18.9 Å². The zero-order chi connectivity index (χ0) is 14.3. The molecule has 1 N–H and O–H groups in total. The summed E-state index contributed by atoms with van der Waals surface area (Å²) < 4.78 is 6.83. The van der Waals surface area contributed by atoms with Crippen LogP contribution in [0, 0.1) is 0 Å². The smallest absolute Gasteiger partial charge is 0.274 e. The van der Waals surface area contributed by atoms with E-state index in [1.54, 1.807) is 6.07 Å². The van der Waals surface area contributed by atoms with Gasteiger partial charge in [-0.1, -0.05) is 20.8 Å². The first-order valence-corrected chi connectivity index (χ1v) is 6.91. The molecule has 6 nitrogen and oxygen atoms in total. The average Bonchev–Trinajstić information content (AvgIpc) is 2.84. The molecule has 1 aliphatic rings. The second kappa shape index (κ2) is 4.63. The number of rotatable bonds is 1. The minimum Gasteiger partial charge on any atom is -0.378 e. The Hall–Kier alpha value is -1.82. The highest BCUT2D eigenvalue weighted by atomic mass is 16.5. The van der Waals surface area contributed by atoms with Crippen LogP contribution in [0.4, 0.5) is 5.82 Å². The Morgan fingerprint density at radius 2 is 1.95 bits per heavy atom. The van der Waals surface area contributed by atoms with Gasteiger partial charge in [0.25, 0.3) is 5.56 Å². The number of hydrogen-bond acceptors (Lipinski definition) is 4. The SMILES string of the molecule is CC(C)(C)c1cc2nc(N3CCOCC3)cc(=O)n2[nH]1. The van der Waals surface area contributed by atoms with Gasteiger partial charge in [-0.3, -0.25) is 9.89 Å². The summed E-state index contributed by atoms with van der Waals surface area (Å²) in [6, 6.07) is 3.53. The lowest BCUT2D eigenvalue weighted by atomic mass is 9.93. The molecule has 1 aliphatic heterocycles. The summed E-state index contributed by atoms with van der Waals surface area (Å²) >= 11 is 0. The van der Waals surface area contributed by atoms with Crippen molar-refractivity contribution in [2.45, 2.75) is 26.2 Å². The van der Waals surface area contributed by atoms with Crippen LogP contribution in [0.3, 0.4) is 0 Å². The Balaban J connectivity index is 2.06. The second-order valence-corrected chi connectivity index (χ2v) is 6.17. The van der Waals surface area contributed by atoms with Crippen LogP contribution in [0.1, 0.15) is 26.5 Å². The molecule has 0 aliphatic carbocycles. The Bertz CT molecular complexity index is 675. The largest absolute Gasteiger partial charge is 0.378 e. The van der Waals surface area contributed by atoms with Crippen LogP contribution in [0.5, 0.6) is 0 Å². The van der Waals surface area contributed by atoms with E-state index in [9.17, 15) is 4.79 Å². The molecule has 0 aromatic carbocycles. The number of morpholine rings is 1. The van der Waals surface area contributed by atoms with Crippen molar-refractivity contribution in [1.29, 1.82) is 0 Å². The van der Waals surface area contributed by atoms with Gasteiger partial charge in [0.2, 0.25) is 0 Å². The van der Waals surface area contributed by atoms with Gasteiger partial charge in [0.05, 0.1) is 13.2 Å². The molecule has 6 heteroatoms. The van der Waals surface area contributed by atoms with Crippen LogP contribution in [-0.4, -0.2) is 40.9 Å². The molecular weight excluding hydrogens is 256 g/mol. The minimum absolute atomic E-state index is 0.0424. The summed E-state index contributed by atoms with van der Waals surface area (Å²) in [5.74, 6) is 0.734. The summed E-state index contributed by atoms with van der Waals surface area (Å²) in [6.45, 7) is 9.23. The van der Waals surface area contributed by atoms with Gasteiger partial charge in [-0.15, -0.1) is 0 Å². The number of H-pyrrole nitrogens is 1. The number of fused-ring (bicyclic) bond motifs is 1. The molecule has 0 atom stereocenters. The summed E-state index contributed by atoms with van der Waals surface area (Å²) in [6.07, 6.45) is 0. The maximum Gasteiger partial charge on any atom is 0.274 e. The number of hydrogen-bond donors (Lipinski definition) is 1. The maximum atomic E-state index is 12.2. The molecule has 20 heavy (non-hydrogen) atoms. The molecule has 0 radical (unpaired) electrons. The lowest BCUT2D eigenvalue weighted by Crippen LogP contribution is -2.37. The monoisotopic (exact) mass is 276 g/mol. The molecule has 0 saturated carbocycles. The third-order valence-corrected chi connectivity index (χ3v) is 3.58. The molecule has 0 bridgehead atoms. The highest BCUT2D eigenvalue weighted by molar-refractivity contribution is 5.49. The van der Waals surface area contributed by atoms with Gasteiger partial charge in [0, 0.05) is 36.3 Å². The van der Waals surface area contributed by atoms with E-state index < -0.39 is 0 Å². The van der Waals surface area contributed by atoms with Gasteiger partial charge in [-0.25, -0.2) is 9.50 Å². The van der Waals surface area contributed by atoms with Crippen molar-refractivity contribution in [2.75, 3.05) is 31.2 Å². The van der Waals surface area contributed by atoms with Crippen molar-refractivity contribution in [3.63, 3.8) is 0 Å². The fourth-order valence-electron chi connectivity index (χ4n) is 2.32. The zero-order valence-corrected chi connectivity index (χ0v) is 12.1. The van der Waals surface area contributed by atoms with Crippen molar-refractivity contribution in [1.82, 2.24) is 14.6 Å². The van der Waals surface area contributed by atoms with Crippen molar-refractivity contribution >= 4 is 11.5 Å². The summed E-state index contributed by atoms with van der Waals surface area (Å²) in [5.41, 5.74) is 1.55. The van der Waals surface area contributed by atoms with Crippen LogP contribution in [0.2, 0.25) is 0 Å². The molecular formula is C14H20N4O2. The lowest BCUT2D eigenvalue weighted by Gasteiger charge is -2.27. The molecule has 3 heterocycles. The van der Waals surface area contributed by atoms with Crippen LogP contribution < -0.4 is 10.5 Å². The number of nitrogens with one attached hydrogen (secondary N) is 1. The van der Waals surface area contributed by atoms with Crippen molar-refractivity contribution < 1.29 is 4.74 Å². The molecule has 2 aromatic rings. The molecule has 1 fully saturated rings. The van der Waals surface area contributed by atoms with E-state index >= 15 is 0 Å². The van der Waals surface area contributed by atoms with E-state index in [1.165, 1.54) is 4.52 Å². The highest BCUT2D eigenvalue weighted by Gasteiger charge is 2.19. The zero-order valence-electron chi connectivity index (χ0n) is 12.1. The lowest BCUT2D eigenvalue weighted by molar-refractivity contribution is 0.122. The van der Waals surface area contributed by atoms with E-state index in [0.717, 1.165) is 24.6 Å². The molecule has 3 rings (SSSR count). The average molecular weight is 276 g/mol. The van der Waals surface area contributed by atoms with E-state index in [-0.39, 0.29) is 11.0 Å². The molecule has 0 amide bonds. The minimum atomic E-state index is -0.0769. The number of aromatic amines is 1. The Morgan fingerprint density at radius 1 is 1.25 bits per heavy atom. The first-order valence-electron chi connectivity index (χ1n) is 6.91. The van der Waals surface area contributed by atoms with Gasteiger partial charge in [0.1, 0.15) is 5.82 Å². The van der Waals surface area contributed by atoms with Gasteiger partial charge in [-0.2, -0.15) is 0 Å². The molecule has 0 spiro atoms. The number of nitrogens with zero attached hydrogens (tertiary/aromatic N) is 3. The van der Waals surface area contributed by atoms with Gasteiger partial charge >= 0.3 is 0 Å². The molecule has 0 unspecified atom stereocenters. The van der Waals surface area contributed by atoms with Crippen molar-refractivity contribution in [3.05, 3.63) is 28.2 Å². The summed E-state index contributed by atoms with van der Waals surface area (Å²) in [7, 11) is 0. The fourth-order valence-corrected chi connectivity index (χ4v) is 2.32. The van der Waals surface area contributed by atoms with Gasteiger partial charge < -0.3 is 9.64 Å². The topological polar surface area (TPSA) is 62.6 Å². The van der Waals surface area contributed by atoms with Crippen LogP contribution >= 0.6 is 0 Å². The van der Waals surface area contributed by atoms with E-state index in [4.69, 9.17) is 4.74 Å². The highest BCUT2D eigenvalue weighted by Crippen LogP contribution is 2.21. The Kier molecular flexibility index (Phi) is 3.05. The summed E-state index contributed by atoms with van der Waals surface area (Å²) in [4.78, 5) is 18.9. The van der Waals surface area contributed by atoms with Gasteiger partial charge in [0.15, 0.2) is 5.65 Å². The van der Waals surface area contributed by atoms with E-state index in [2.05, 4.69) is 35.8 Å². The standard InChI is InChI=1S/C14H20N4O2/c1-14(2,3)10-8-12-15-11(9-13(19)18(12)16-10)17-4-6-20-7-5-17/h8-9,16H,4-7H2,1-3H3. The predicted molar refractivity (Wildman–Crippen MR) is 77.5 cm³/mol. The molecule has 108 valence electrons. The third-order valence-electron chi connectivity index (χ3n) is 3.58. The van der Waals surface area contributed by atoms with Crippen LogP contribution in [-0.2, 0) is 10.2 Å². The second-order valence-electron chi connectivity index (χ2n) is 6.17. The van der Waals surface area contributed by atoms with Crippen LogP contribution in [0.15, 0.2) is 16.9 Å². The normalized spacial score (nSPS) is 16.9. The summed E-state index contributed by atoms with van der Waals surface area (Å²) in [5, 5.41) is 3.13. The number of aromatic nitrogens is 3. The first-order chi connectivity index (χ1) is 9.45. The van der Waals surface area contributed by atoms with E-state index in [1.807, 2.05) is 6.07 Å². The molecule has 1 saturated heterocycles. The fraction of sp³-hybridized carbons (Fsp3) is 0.571. The van der Waals surface area contributed by atoms with Crippen molar-refractivity contribution in [3.8, 4) is 0 Å². The maximum absolute atomic E-state index is 12.2. The quantitative estimate of drug-likeness (QED) is 0.849.